The fourth-order valence-electron chi connectivity index (χ4n) is 3.68. The number of rotatable bonds is 8. The van der Waals surface area contributed by atoms with Crippen LogP contribution in [0.5, 0.6) is 11.6 Å². The Balaban J connectivity index is 1.88. The van der Waals surface area contributed by atoms with Gasteiger partial charge in [0.2, 0.25) is 12.2 Å². The third-order valence-electron chi connectivity index (χ3n) is 5.42. The summed E-state index contributed by atoms with van der Waals surface area (Å²) in [5, 5.41) is 44.4. The van der Waals surface area contributed by atoms with Crippen molar-refractivity contribution in [3.63, 3.8) is 0 Å². The Kier molecular flexibility index (Phi) is 7.55. The first-order valence-corrected chi connectivity index (χ1v) is 10.5. The first-order valence-electron chi connectivity index (χ1n) is 10.5. The largest absolute Gasteiger partial charge is 0.494 e. The molecule has 1 fully saturated rings. The van der Waals surface area contributed by atoms with E-state index in [4.69, 9.17) is 14.2 Å². The molecule has 0 aliphatic carbocycles. The van der Waals surface area contributed by atoms with Crippen LogP contribution in [0, 0.1) is 6.92 Å². The predicted octanol–water partition coefficient (Wildman–Crippen LogP) is 0.941. The molecule has 0 bridgehead atoms. The van der Waals surface area contributed by atoms with Crippen LogP contribution in [0.25, 0.3) is 0 Å². The predicted molar refractivity (Wildman–Crippen MR) is 112 cm³/mol. The molecule has 1 aliphatic rings. The maximum atomic E-state index is 10.3. The van der Waals surface area contributed by atoms with E-state index in [0.717, 1.165) is 22.6 Å². The molecule has 172 valence electrons. The minimum absolute atomic E-state index is 0.0752. The van der Waals surface area contributed by atoms with E-state index in [0.29, 0.717) is 13.0 Å². The number of nitrogens with zero attached hydrogens (tertiary/aromatic N) is 2. The van der Waals surface area contributed by atoms with Crippen molar-refractivity contribution in [3.8, 4) is 11.6 Å². The molecule has 1 saturated heterocycles. The van der Waals surface area contributed by atoms with E-state index in [-0.39, 0.29) is 11.9 Å². The SMILES string of the molecule is CCOc1ccc(Cc2c(OC3O[C@H](CO)[C@@H](O)[C@@H](O)[C@H]3O)nn(C(C)C)c2C)cc1. The van der Waals surface area contributed by atoms with E-state index in [2.05, 4.69) is 5.10 Å². The number of aliphatic hydroxyl groups excluding tert-OH is 4. The summed E-state index contributed by atoms with van der Waals surface area (Å²) < 4.78 is 18.7. The molecule has 1 aromatic heterocycles. The molecule has 3 rings (SSSR count). The molecule has 1 aromatic carbocycles. The van der Waals surface area contributed by atoms with Gasteiger partial charge in [0, 0.05) is 23.7 Å². The topological polar surface area (TPSA) is 126 Å². The monoisotopic (exact) mass is 436 g/mol. The number of ether oxygens (including phenoxy) is 3. The van der Waals surface area contributed by atoms with E-state index < -0.39 is 37.3 Å². The highest BCUT2D eigenvalue weighted by Gasteiger charge is 2.45. The molecule has 1 aliphatic heterocycles. The van der Waals surface area contributed by atoms with Gasteiger partial charge in [0.25, 0.3) is 0 Å². The Labute approximate surface area is 181 Å². The minimum atomic E-state index is -1.52. The fraction of sp³-hybridized carbons (Fsp3) is 0.591. The van der Waals surface area contributed by atoms with Crippen LogP contribution in [0.3, 0.4) is 0 Å². The Morgan fingerprint density at radius 3 is 2.35 bits per heavy atom. The summed E-state index contributed by atoms with van der Waals surface area (Å²) >= 11 is 0. The molecule has 2 heterocycles. The second-order valence-electron chi connectivity index (χ2n) is 7.98. The molecule has 31 heavy (non-hydrogen) atoms. The lowest BCUT2D eigenvalue weighted by Crippen LogP contribution is -2.60. The summed E-state index contributed by atoms with van der Waals surface area (Å²) in [5.41, 5.74) is 2.74. The summed E-state index contributed by atoms with van der Waals surface area (Å²) in [6.07, 6.45) is -6.27. The van der Waals surface area contributed by atoms with Gasteiger partial charge in [-0.1, -0.05) is 12.1 Å². The summed E-state index contributed by atoms with van der Waals surface area (Å²) in [5.74, 6) is 1.06. The number of hydrogen-bond donors (Lipinski definition) is 4. The molecule has 1 unspecified atom stereocenters. The van der Waals surface area contributed by atoms with Crippen LogP contribution < -0.4 is 9.47 Å². The molecule has 0 saturated carbocycles. The Bertz CT molecular complexity index is 850. The lowest BCUT2D eigenvalue weighted by Gasteiger charge is -2.39. The zero-order valence-corrected chi connectivity index (χ0v) is 18.3. The molecule has 5 atom stereocenters. The van der Waals surface area contributed by atoms with Crippen molar-refractivity contribution < 1.29 is 34.6 Å². The minimum Gasteiger partial charge on any atom is -0.494 e. The highest BCUT2D eigenvalue weighted by molar-refractivity contribution is 5.38. The van der Waals surface area contributed by atoms with E-state index in [1.165, 1.54) is 0 Å². The molecule has 4 N–H and O–H groups in total. The quantitative estimate of drug-likeness (QED) is 0.482. The van der Waals surface area contributed by atoms with Gasteiger partial charge in [-0.05, 0) is 45.4 Å². The van der Waals surface area contributed by atoms with Crippen molar-refractivity contribution in [2.45, 2.75) is 70.9 Å². The van der Waals surface area contributed by atoms with Crippen molar-refractivity contribution in [2.24, 2.45) is 0 Å². The van der Waals surface area contributed by atoms with E-state index in [1.54, 1.807) is 0 Å². The van der Waals surface area contributed by atoms with Crippen LogP contribution in [0.15, 0.2) is 24.3 Å². The second kappa shape index (κ2) is 9.97. The van der Waals surface area contributed by atoms with Crippen LogP contribution in [0.1, 0.15) is 43.6 Å². The third-order valence-corrected chi connectivity index (χ3v) is 5.42. The highest BCUT2D eigenvalue weighted by atomic mass is 16.7. The van der Waals surface area contributed by atoms with Crippen LogP contribution in [-0.2, 0) is 11.2 Å². The van der Waals surface area contributed by atoms with Crippen molar-refractivity contribution in [3.05, 3.63) is 41.1 Å². The molecule has 2 aromatic rings. The van der Waals surface area contributed by atoms with Gasteiger partial charge >= 0.3 is 0 Å². The van der Waals surface area contributed by atoms with Crippen LogP contribution in [-0.4, -0.2) is 74.1 Å². The first kappa shape index (κ1) is 23.5. The van der Waals surface area contributed by atoms with E-state index in [9.17, 15) is 20.4 Å². The third kappa shape index (κ3) is 5.02. The number of hydrogen-bond acceptors (Lipinski definition) is 8. The number of aliphatic hydroxyl groups is 4. The van der Waals surface area contributed by atoms with Gasteiger partial charge < -0.3 is 34.6 Å². The molecule has 9 nitrogen and oxygen atoms in total. The summed E-state index contributed by atoms with van der Waals surface area (Å²) in [7, 11) is 0. The second-order valence-corrected chi connectivity index (χ2v) is 7.98. The van der Waals surface area contributed by atoms with E-state index >= 15 is 0 Å². The Morgan fingerprint density at radius 1 is 1.10 bits per heavy atom. The lowest BCUT2D eigenvalue weighted by molar-refractivity contribution is -0.278. The zero-order chi connectivity index (χ0) is 22.7. The van der Waals surface area contributed by atoms with Gasteiger partial charge in [-0.15, -0.1) is 5.10 Å². The summed E-state index contributed by atoms with van der Waals surface area (Å²) in [6, 6.07) is 7.81. The maximum absolute atomic E-state index is 10.3. The molecule has 9 heteroatoms. The van der Waals surface area contributed by atoms with Gasteiger partial charge in [0.15, 0.2) is 0 Å². The van der Waals surface area contributed by atoms with Crippen molar-refractivity contribution in [2.75, 3.05) is 13.2 Å². The van der Waals surface area contributed by atoms with Crippen molar-refractivity contribution in [1.82, 2.24) is 9.78 Å². The average molecular weight is 437 g/mol. The highest BCUT2D eigenvalue weighted by Crippen LogP contribution is 2.30. The Morgan fingerprint density at radius 2 is 1.77 bits per heavy atom. The van der Waals surface area contributed by atoms with Crippen LogP contribution in [0.4, 0.5) is 0 Å². The van der Waals surface area contributed by atoms with Gasteiger partial charge in [0.1, 0.15) is 30.2 Å². The number of benzene rings is 1. The smallest absolute Gasteiger partial charge is 0.239 e. The maximum Gasteiger partial charge on any atom is 0.239 e. The zero-order valence-electron chi connectivity index (χ0n) is 18.3. The van der Waals surface area contributed by atoms with Gasteiger partial charge in [-0.25, -0.2) is 0 Å². The molecule has 0 radical (unpaired) electrons. The fourth-order valence-corrected chi connectivity index (χ4v) is 3.68. The average Bonchev–Trinajstić information content (AvgIpc) is 3.05. The molecule has 0 spiro atoms. The van der Waals surface area contributed by atoms with Crippen molar-refractivity contribution in [1.29, 1.82) is 0 Å². The molecular formula is C22H32N2O7. The first-order chi connectivity index (χ1) is 14.8. The van der Waals surface area contributed by atoms with Crippen LogP contribution in [0.2, 0.25) is 0 Å². The van der Waals surface area contributed by atoms with Gasteiger partial charge in [0.05, 0.1) is 13.2 Å². The molecule has 0 amide bonds. The van der Waals surface area contributed by atoms with Crippen molar-refractivity contribution >= 4 is 0 Å². The summed E-state index contributed by atoms with van der Waals surface area (Å²) in [4.78, 5) is 0. The standard InChI is InChI=1S/C22H32N2O7/c1-5-29-15-8-6-14(7-9-15)10-16-13(4)24(12(2)3)23-21(16)31-22-20(28)19(27)18(26)17(11-25)30-22/h6-9,12,17-20,22,25-28H,5,10-11H2,1-4H3/t17-,18-,19-,20-,22?/m1/s1. The normalized spacial score (nSPS) is 26.3. The van der Waals surface area contributed by atoms with Gasteiger partial charge in [-0.3, -0.25) is 4.68 Å². The molecular weight excluding hydrogens is 404 g/mol. The summed E-state index contributed by atoms with van der Waals surface area (Å²) in [6.45, 7) is 7.94. The van der Waals surface area contributed by atoms with Gasteiger partial charge in [-0.2, -0.15) is 0 Å². The van der Waals surface area contributed by atoms with Crippen LogP contribution >= 0.6 is 0 Å². The lowest BCUT2D eigenvalue weighted by atomic mass is 9.99. The number of aromatic nitrogens is 2. The van der Waals surface area contributed by atoms with E-state index in [1.807, 2.05) is 56.6 Å². The Hall–Kier alpha value is -2.17.